The number of ether oxygens (including phenoxy) is 1. The van der Waals surface area contributed by atoms with Crippen molar-refractivity contribution in [1.82, 2.24) is 0 Å². The first-order valence-corrected chi connectivity index (χ1v) is 12.9. The molecule has 0 aliphatic carbocycles. The van der Waals surface area contributed by atoms with Crippen LogP contribution in [0.2, 0.25) is 0 Å². The average molecular weight is 464 g/mol. The third-order valence-electron chi connectivity index (χ3n) is 4.98. The molecule has 178 valence electrons. The van der Waals surface area contributed by atoms with Crippen molar-refractivity contribution >= 4 is 32.7 Å². The highest BCUT2D eigenvalue weighted by Gasteiger charge is 2.12. The number of carbonyl (C=O) groups is 1. The van der Waals surface area contributed by atoms with Crippen molar-refractivity contribution in [1.29, 1.82) is 5.41 Å². The number of fused-ring (bicyclic) bond motifs is 1. The molecule has 0 saturated carbocycles. The molecule has 1 unspecified atom stereocenters. The van der Waals surface area contributed by atoms with E-state index in [-0.39, 0.29) is 17.7 Å². The Morgan fingerprint density at radius 3 is 2.22 bits per heavy atom. The fourth-order valence-electron chi connectivity index (χ4n) is 3.35. The van der Waals surface area contributed by atoms with E-state index in [1.807, 2.05) is 42.5 Å². The van der Waals surface area contributed by atoms with Crippen molar-refractivity contribution < 1.29 is 22.5 Å². The predicted molar refractivity (Wildman–Crippen MR) is 128 cm³/mol. The van der Waals surface area contributed by atoms with Gasteiger partial charge in [-0.3, -0.25) is 10.2 Å². The molecule has 0 saturated heterocycles. The molecule has 0 amide bonds. The number of hydrogen-bond acceptors (Lipinski definition) is 6. The zero-order valence-corrected chi connectivity index (χ0v) is 19.8. The lowest BCUT2D eigenvalue weighted by molar-refractivity contribution is -0.134. The van der Waals surface area contributed by atoms with Crippen LogP contribution < -0.4 is 10.5 Å². The highest BCUT2D eigenvalue weighted by molar-refractivity contribution is 7.84. The van der Waals surface area contributed by atoms with E-state index in [0.29, 0.717) is 18.4 Å². The van der Waals surface area contributed by atoms with Gasteiger partial charge in [0, 0.05) is 18.6 Å². The maximum atomic E-state index is 12.1. The highest BCUT2D eigenvalue weighted by atomic mass is 32.2. The van der Waals surface area contributed by atoms with Crippen LogP contribution in [0.3, 0.4) is 0 Å². The average Bonchev–Trinajstić information content (AvgIpc) is 2.71. The van der Waals surface area contributed by atoms with Crippen molar-refractivity contribution in [2.45, 2.75) is 64.7 Å². The number of hydrogen-bond donors (Lipinski definition) is 2. The smallest absolute Gasteiger partial charge is 0.311 e. The quantitative estimate of drug-likeness (QED) is 0.114. The minimum absolute atomic E-state index is 0.151. The summed E-state index contributed by atoms with van der Waals surface area (Å²) >= 11 is 0. The molecule has 7 nitrogen and oxygen atoms in total. The largest absolute Gasteiger partial charge is 0.748 e. The molecule has 0 aliphatic heterocycles. The fourth-order valence-corrected chi connectivity index (χ4v) is 3.35. The standard InChI is InChI=1S/C23H32N2O2.CH4O3S/c1-2-3-4-5-11-19(23(24)25)12-8-9-14-22(26)27-21-16-15-18-10-6-7-13-20(18)17-21;1-5(2,3)4/h6-7,10,13,15-17,19H,2-5,8-9,11-12,14H2,1H3,(H3,24,25);1H3,(H,2,3,4)/p-1. The van der Waals surface area contributed by atoms with Crippen LogP contribution in [0.5, 0.6) is 5.75 Å². The Balaban J connectivity index is 0.000000920. The lowest BCUT2D eigenvalue weighted by Gasteiger charge is -2.15. The van der Waals surface area contributed by atoms with Gasteiger partial charge in [-0.1, -0.05) is 69.4 Å². The van der Waals surface area contributed by atoms with Gasteiger partial charge >= 0.3 is 5.97 Å². The highest BCUT2D eigenvalue weighted by Crippen LogP contribution is 2.22. The topological polar surface area (TPSA) is 133 Å². The number of rotatable bonds is 12. The zero-order chi connectivity index (χ0) is 24.0. The van der Waals surface area contributed by atoms with Crippen LogP contribution in [0.15, 0.2) is 42.5 Å². The molecule has 1 atom stereocenters. The number of amidine groups is 1. The van der Waals surface area contributed by atoms with Gasteiger partial charge in [0.05, 0.1) is 16.0 Å². The van der Waals surface area contributed by atoms with Crippen molar-refractivity contribution in [2.75, 3.05) is 6.26 Å². The van der Waals surface area contributed by atoms with Crippen molar-refractivity contribution in [2.24, 2.45) is 11.7 Å². The molecule has 8 heteroatoms. The third-order valence-corrected chi connectivity index (χ3v) is 4.98. The van der Waals surface area contributed by atoms with Gasteiger partial charge in [0.1, 0.15) is 5.75 Å². The van der Waals surface area contributed by atoms with Crippen molar-refractivity contribution in [3.63, 3.8) is 0 Å². The van der Waals surface area contributed by atoms with Gasteiger partial charge in [-0.05, 0) is 42.2 Å². The van der Waals surface area contributed by atoms with E-state index in [1.165, 1.54) is 19.3 Å². The van der Waals surface area contributed by atoms with E-state index in [0.717, 1.165) is 42.9 Å². The number of nitrogens with one attached hydrogen (secondary N) is 1. The van der Waals surface area contributed by atoms with Gasteiger partial charge in [-0.15, -0.1) is 0 Å². The van der Waals surface area contributed by atoms with Crippen LogP contribution in [-0.2, 0) is 14.9 Å². The Morgan fingerprint density at radius 1 is 1.03 bits per heavy atom. The summed E-state index contributed by atoms with van der Waals surface area (Å²) in [5.41, 5.74) is 5.73. The first-order chi connectivity index (χ1) is 15.1. The Kier molecular flexibility index (Phi) is 12.6. The predicted octanol–water partition coefficient (Wildman–Crippen LogP) is 4.99. The summed E-state index contributed by atoms with van der Waals surface area (Å²) in [5, 5.41) is 9.95. The van der Waals surface area contributed by atoms with E-state index in [4.69, 9.17) is 28.9 Å². The second kappa shape index (κ2) is 14.6. The molecule has 0 radical (unpaired) electrons. The Labute approximate surface area is 191 Å². The molecule has 2 aromatic rings. The monoisotopic (exact) mass is 463 g/mol. The van der Waals surface area contributed by atoms with Gasteiger partial charge in [0.2, 0.25) is 0 Å². The lowest BCUT2D eigenvalue weighted by atomic mass is 9.94. The molecule has 0 fully saturated rings. The maximum absolute atomic E-state index is 12.1. The van der Waals surface area contributed by atoms with Crippen LogP contribution >= 0.6 is 0 Å². The third kappa shape index (κ3) is 13.1. The summed E-state index contributed by atoms with van der Waals surface area (Å²) in [6.45, 7) is 2.19. The molecule has 3 N–H and O–H groups in total. The fraction of sp³-hybridized carbons (Fsp3) is 0.500. The van der Waals surface area contributed by atoms with Crippen LogP contribution in [0.25, 0.3) is 10.8 Å². The number of nitrogens with two attached hydrogens (primary N) is 1. The van der Waals surface area contributed by atoms with Gasteiger partial charge in [0.25, 0.3) is 0 Å². The molecule has 32 heavy (non-hydrogen) atoms. The van der Waals surface area contributed by atoms with Gasteiger partial charge in [0.15, 0.2) is 0 Å². The molecule has 0 bridgehead atoms. The lowest BCUT2D eigenvalue weighted by Crippen LogP contribution is -2.22. The van der Waals surface area contributed by atoms with Crippen molar-refractivity contribution in [3.05, 3.63) is 42.5 Å². The van der Waals surface area contributed by atoms with E-state index in [2.05, 4.69) is 6.92 Å². The normalized spacial score (nSPS) is 12.0. The van der Waals surface area contributed by atoms with Gasteiger partial charge in [-0.25, -0.2) is 8.42 Å². The first kappa shape index (κ1) is 27.6. The van der Waals surface area contributed by atoms with Crippen LogP contribution in [0.1, 0.15) is 64.7 Å². The minimum Gasteiger partial charge on any atom is -0.748 e. The van der Waals surface area contributed by atoms with Crippen LogP contribution in [0.4, 0.5) is 0 Å². The maximum Gasteiger partial charge on any atom is 0.311 e. The summed E-state index contributed by atoms with van der Waals surface area (Å²) in [6, 6.07) is 13.7. The van der Waals surface area contributed by atoms with E-state index in [9.17, 15) is 4.79 Å². The van der Waals surface area contributed by atoms with E-state index >= 15 is 0 Å². The Morgan fingerprint density at radius 2 is 1.62 bits per heavy atom. The molecule has 0 spiro atoms. The molecule has 0 aromatic heterocycles. The molecular formula is C24H35N2O5S-. The van der Waals surface area contributed by atoms with Gasteiger partial charge in [-0.2, -0.15) is 0 Å². The Bertz CT molecular complexity index is 952. The van der Waals surface area contributed by atoms with Crippen LogP contribution in [-0.4, -0.2) is 31.0 Å². The SMILES string of the molecule is CCCCCCC(CCCCC(=O)Oc1ccc2ccccc2c1)C(=N)N.CS(=O)(=O)[O-]. The number of carbonyl (C=O) groups excluding carboxylic acids is 1. The first-order valence-electron chi connectivity index (χ1n) is 11.0. The van der Waals surface area contributed by atoms with Crippen molar-refractivity contribution in [3.8, 4) is 5.75 Å². The summed E-state index contributed by atoms with van der Waals surface area (Å²) < 4.78 is 32.7. The second-order valence-electron chi connectivity index (χ2n) is 7.93. The number of esters is 1. The Hall–Kier alpha value is -2.45. The molecule has 0 heterocycles. The van der Waals surface area contributed by atoms with Crippen LogP contribution in [0, 0.1) is 11.3 Å². The van der Waals surface area contributed by atoms with E-state index < -0.39 is 10.1 Å². The van der Waals surface area contributed by atoms with Gasteiger partial charge < -0.3 is 15.0 Å². The molecule has 2 rings (SSSR count). The molecular weight excluding hydrogens is 428 g/mol. The summed E-state index contributed by atoms with van der Waals surface area (Å²) in [5.74, 6) is 0.826. The molecule has 2 aromatic carbocycles. The summed E-state index contributed by atoms with van der Waals surface area (Å²) in [4.78, 5) is 12.1. The number of unbranched alkanes of at least 4 members (excludes halogenated alkanes) is 4. The molecule has 0 aliphatic rings. The second-order valence-corrected chi connectivity index (χ2v) is 9.34. The van der Waals surface area contributed by atoms with E-state index in [1.54, 1.807) is 0 Å². The zero-order valence-electron chi connectivity index (χ0n) is 19.0. The summed E-state index contributed by atoms with van der Waals surface area (Å²) in [6.07, 6.45) is 9.31. The summed E-state index contributed by atoms with van der Waals surface area (Å²) in [7, 11) is -3.92. The number of benzene rings is 2. The minimum atomic E-state index is -3.92.